The van der Waals surface area contributed by atoms with E-state index >= 15 is 0 Å². The van der Waals surface area contributed by atoms with Gasteiger partial charge in [-0.2, -0.15) is 13.2 Å². The number of carbonyl (C=O) groups is 3. The predicted octanol–water partition coefficient (Wildman–Crippen LogP) is 1.08. The molecule has 140 valence electrons. The van der Waals surface area contributed by atoms with Crippen molar-refractivity contribution in [1.29, 1.82) is 0 Å². The van der Waals surface area contributed by atoms with Crippen molar-refractivity contribution in [2.45, 2.75) is 43.9 Å². The number of carbonyl (C=O) groups excluding carboxylic acids is 1. The Hall–Kier alpha value is -1.91. The molecule has 1 rings (SSSR count). The van der Waals surface area contributed by atoms with Gasteiger partial charge in [0.2, 0.25) is 5.67 Å². The van der Waals surface area contributed by atoms with Crippen molar-refractivity contribution in [3.05, 3.63) is 0 Å². The molecule has 7 nitrogen and oxygen atoms in total. The lowest BCUT2D eigenvalue weighted by Gasteiger charge is -2.17. The Bertz CT molecular complexity index is 437. The van der Waals surface area contributed by atoms with E-state index in [9.17, 15) is 27.2 Å². The Labute approximate surface area is 135 Å². The number of nitrogens with one attached hydrogen (secondary N) is 2. The number of hydrogen-bond acceptors (Lipinski definition) is 4. The molecule has 1 atom stereocenters. The van der Waals surface area contributed by atoms with Crippen LogP contribution < -0.4 is 10.6 Å². The highest BCUT2D eigenvalue weighted by Crippen LogP contribution is 2.19. The molecule has 0 aromatic heterocycles. The van der Waals surface area contributed by atoms with Gasteiger partial charge in [-0.1, -0.05) is 6.42 Å². The minimum atomic E-state index is -5.08. The second kappa shape index (κ2) is 10.1. The summed E-state index contributed by atoms with van der Waals surface area (Å²) in [5, 5.41) is 20.9. The van der Waals surface area contributed by atoms with Gasteiger partial charge in [0.15, 0.2) is 0 Å². The van der Waals surface area contributed by atoms with E-state index in [0.717, 1.165) is 6.42 Å². The van der Waals surface area contributed by atoms with Crippen LogP contribution in [0.15, 0.2) is 0 Å². The van der Waals surface area contributed by atoms with E-state index in [0.29, 0.717) is 25.9 Å². The summed E-state index contributed by atoms with van der Waals surface area (Å²) in [6, 6.07) is 0. The topological polar surface area (TPSA) is 116 Å². The molecule has 1 saturated heterocycles. The second-order valence-corrected chi connectivity index (χ2v) is 5.16. The molecule has 0 bridgehead atoms. The first-order valence-corrected chi connectivity index (χ1v) is 7.19. The number of rotatable bonds is 7. The van der Waals surface area contributed by atoms with E-state index in [2.05, 4.69) is 10.6 Å². The van der Waals surface area contributed by atoms with E-state index in [1.165, 1.54) is 0 Å². The number of carboxylic acids is 2. The van der Waals surface area contributed by atoms with E-state index in [1.807, 2.05) is 0 Å². The van der Waals surface area contributed by atoms with Crippen LogP contribution in [0, 0.1) is 0 Å². The van der Waals surface area contributed by atoms with Gasteiger partial charge in [0.1, 0.15) is 0 Å². The van der Waals surface area contributed by atoms with Crippen LogP contribution in [-0.4, -0.2) is 59.5 Å². The maximum atomic E-state index is 13.8. The highest BCUT2D eigenvalue weighted by molar-refractivity contribution is 5.85. The quantitative estimate of drug-likeness (QED) is 0.399. The number of carboxylic acid groups (broad SMARTS) is 2. The summed E-state index contributed by atoms with van der Waals surface area (Å²) in [7, 11) is 0. The number of hydrogen-bond donors (Lipinski definition) is 4. The third kappa shape index (κ3) is 9.28. The molecule has 1 aliphatic heterocycles. The molecule has 0 radical (unpaired) electrons. The van der Waals surface area contributed by atoms with Gasteiger partial charge in [0, 0.05) is 25.9 Å². The zero-order chi connectivity index (χ0) is 18.8. The average Bonchev–Trinajstić information content (AvgIpc) is 2.90. The number of unbranched alkanes of at least 4 members (excludes halogenated alkanes) is 2. The fourth-order valence-corrected chi connectivity index (χ4v) is 1.79. The molecule has 1 aliphatic rings. The average molecular weight is 360 g/mol. The van der Waals surface area contributed by atoms with E-state index in [-0.39, 0.29) is 19.4 Å². The normalized spacial score (nSPS) is 20.0. The predicted molar refractivity (Wildman–Crippen MR) is 74.1 cm³/mol. The van der Waals surface area contributed by atoms with Crippen LogP contribution >= 0.6 is 0 Å². The lowest BCUT2D eigenvalue weighted by molar-refractivity contribution is -0.192. The molecular formula is C13H20F4N2O5. The van der Waals surface area contributed by atoms with Crippen molar-refractivity contribution < 1.29 is 42.2 Å². The lowest BCUT2D eigenvalue weighted by atomic mass is 10.0. The molecule has 0 aromatic carbocycles. The Morgan fingerprint density at radius 2 is 1.71 bits per heavy atom. The Kier molecular flexibility index (Phi) is 9.26. The molecule has 1 unspecified atom stereocenters. The van der Waals surface area contributed by atoms with Crippen molar-refractivity contribution in [2.24, 2.45) is 0 Å². The molecule has 0 aromatic rings. The maximum absolute atomic E-state index is 13.8. The van der Waals surface area contributed by atoms with Gasteiger partial charge in [0.05, 0.1) is 0 Å². The van der Waals surface area contributed by atoms with Crippen LogP contribution in [0.2, 0.25) is 0 Å². The van der Waals surface area contributed by atoms with Gasteiger partial charge in [-0.15, -0.1) is 0 Å². The summed E-state index contributed by atoms with van der Waals surface area (Å²) in [5.74, 6) is -4.12. The summed E-state index contributed by atoms with van der Waals surface area (Å²) in [5.41, 5.74) is -1.76. The molecule has 0 aliphatic carbocycles. The molecule has 0 saturated carbocycles. The largest absolute Gasteiger partial charge is 0.490 e. The van der Waals surface area contributed by atoms with Crippen molar-refractivity contribution in [3.8, 4) is 0 Å². The van der Waals surface area contributed by atoms with Crippen LogP contribution in [-0.2, 0) is 14.4 Å². The Morgan fingerprint density at radius 1 is 1.12 bits per heavy atom. The van der Waals surface area contributed by atoms with Crippen LogP contribution in [0.5, 0.6) is 0 Å². The Balaban J connectivity index is 0.000000640. The molecule has 24 heavy (non-hydrogen) atoms. The van der Waals surface area contributed by atoms with Crippen LogP contribution in [0.1, 0.15) is 32.1 Å². The fourth-order valence-electron chi connectivity index (χ4n) is 1.79. The minimum absolute atomic E-state index is 0.0812. The molecule has 1 heterocycles. The summed E-state index contributed by atoms with van der Waals surface area (Å²) < 4.78 is 45.6. The van der Waals surface area contributed by atoms with Gasteiger partial charge in [-0.25, -0.2) is 9.18 Å². The zero-order valence-electron chi connectivity index (χ0n) is 12.8. The second-order valence-electron chi connectivity index (χ2n) is 5.16. The van der Waals surface area contributed by atoms with Gasteiger partial charge in [-0.3, -0.25) is 9.59 Å². The monoisotopic (exact) mass is 360 g/mol. The number of alkyl halides is 4. The summed E-state index contributed by atoms with van der Waals surface area (Å²) in [6.45, 7) is 1.02. The van der Waals surface area contributed by atoms with Crippen molar-refractivity contribution in [2.75, 3.05) is 19.6 Å². The number of amides is 1. The van der Waals surface area contributed by atoms with Crippen molar-refractivity contribution in [1.82, 2.24) is 10.6 Å². The highest BCUT2D eigenvalue weighted by Gasteiger charge is 2.41. The van der Waals surface area contributed by atoms with E-state index < -0.39 is 29.7 Å². The minimum Gasteiger partial charge on any atom is -0.481 e. The van der Waals surface area contributed by atoms with Crippen LogP contribution in [0.4, 0.5) is 17.6 Å². The standard InChI is InChI=1S/C11H19FN2O3.C2HF3O2/c12-11(5-7-13-8-11)10(17)14-6-3-1-2-4-9(15)16;3-2(4,5)1(6)7/h13H,1-8H2,(H,14,17)(H,15,16);(H,6,7). The van der Waals surface area contributed by atoms with Crippen molar-refractivity contribution in [3.63, 3.8) is 0 Å². The van der Waals surface area contributed by atoms with Gasteiger partial charge in [-0.05, 0) is 19.4 Å². The third-order valence-electron chi connectivity index (χ3n) is 3.11. The van der Waals surface area contributed by atoms with Crippen LogP contribution in [0.25, 0.3) is 0 Å². The molecule has 0 spiro atoms. The SMILES string of the molecule is O=C(O)C(F)(F)F.O=C(O)CCCCCNC(=O)C1(F)CCNC1. The maximum Gasteiger partial charge on any atom is 0.490 e. The smallest absolute Gasteiger partial charge is 0.481 e. The van der Waals surface area contributed by atoms with E-state index in [1.54, 1.807) is 0 Å². The Morgan fingerprint density at radius 3 is 2.12 bits per heavy atom. The summed E-state index contributed by atoms with van der Waals surface area (Å²) >= 11 is 0. The first-order valence-electron chi connectivity index (χ1n) is 7.19. The lowest BCUT2D eigenvalue weighted by Crippen LogP contribution is -2.45. The molecular weight excluding hydrogens is 340 g/mol. The molecule has 4 N–H and O–H groups in total. The molecule has 1 amide bonds. The number of aliphatic carboxylic acids is 2. The molecule has 1 fully saturated rings. The molecule has 11 heteroatoms. The number of halogens is 4. The van der Waals surface area contributed by atoms with Gasteiger partial charge >= 0.3 is 18.1 Å². The van der Waals surface area contributed by atoms with Gasteiger partial charge < -0.3 is 20.8 Å². The third-order valence-corrected chi connectivity index (χ3v) is 3.11. The van der Waals surface area contributed by atoms with Crippen molar-refractivity contribution >= 4 is 17.8 Å². The van der Waals surface area contributed by atoms with Crippen LogP contribution in [0.3, 0.4) is 0 Å². The highest BCUT2D eigenvalue weighted by atomic mass is 19.4. The summed E-state index contributed by atoms with van der Waals surface area (Å²) in [4.78, 5) is 30.6. The van der Waals surface area contributed by atoms with E-state index in [4.69, 9.17) is 15.0 Å². The van der Waals surface area contributed by atoms with Gasteiger partial charge in [0.25, 0.3) is 5.91 Å². The first kappa shape index (κ1) is 22.1. The fraction of sp³-hybridized carbons (Fsp3) is 0.769. The summed E-state index contributed by atoms with van der Waals surface area (Å²) in [6.07, 6.45) is -2.72. The first-order chi connectivity index (χ1) is 11.0. The zero-order valence-corrected chi connectivity index (χ0v) is 12.8.